The normalized spacial score (nSPS) is 17.0. The van der Waals surface area contributed by atoms with Crippen LogP contribution < -0.4 is 0 Å². The lowest BCUT2D eigenvalue weighted by Crippen LogP contribution is -2.39. The highest BCUT2D eigenvalue weighted by Gasteiger charge is 2.43. The van der Waals surface area contributed by atoms with Crippen molar-refractivity contribution in [2.45, 2.75) is 18.1 Å². The first kappa shape index (κ1) is 12.9. The first-order chi connectivity index (χ1) is 8.31. The molecular formula is C11H7ClF3NO2. The summed E-state index contributed by atoms with van der Waals surface area (Å²) >= 11 is 5.52. The van der Waals surface area contributed by atoms with Gasteiger partial charge in [0.25, 0.3) is 11.8 Å². The summed E-state index contributed by atoms with van der Waals surface area (Å²) in [4.78, 5) is 24.0. The van der Waals surface area contributed by atoms with Crippen LogP contribution in [0.5, 0.6) is 0 Å². The van der Waals surface area contributed by atoms with Crippen molar-refractivity contribution in [2.24, 2.45) is 0 Å². The maximum Gasteiger partial charge on any atom is 0.392 e. The Morgan fingerprint density at radius 2 is 1.56 bits per heavy atom. The molecule has 0 bridgehead atoms. The van der Waals surface area contributed by atoms with Crippen molar-refractivity contribution < 1.29 is 22.8 Å². The highest BCUT2D eigenvalue weighted by Crippen LogP contribution is 2.31. The highest BCUT2D eigenvalue weighted by molar-refractivity contribution is 6.28. The van der Waals surface area contributed by atoms with Gasteiger partial charge in [0.05, 0.1) is 17.5 Å². The van der Waals surface area contributed by atoms with Gasteiger partial charge in [0.2, 0.25) is 0 Å². The molecule has 0 saturated carbocycles. The van der Waals surface area contributed by atoms with E-state index in [1.165, 1.54) is 24.3 Å². The summed E-state index contributed by atoms with van der Waals surface area (Å²) in [6, 6.07) is 5.82. The molecule has 2 rings (SSSR count). The third kappa shape index (κ3) is 2.20. The highest BCUT2D eigenvalue weighted by atomic mass is 35.5. The van der Waals surface area contributed by atoms with Gasteiger partial charge in [-0.1, -0.05) is 23.7 Å². The van der Waals surface area contributed by atoms with Gasteiger partial charge in [-0.25, -0.2) is 0 Å². The summed E-state index contributed by atoms with van der Waals surface area (Å²) in [7, 11) is 0. The van der Waals surface area contributed by atoms with Gasteiger partial charge in [0.15, 0.2) is 0 Å². The van der Waals surface area contributed by atoms with Gasteiger partial charge in [-0.2, -0.15) is 13.2 Å². The second kappa shape index (κ2) is 4.28. The lowest BCUT2D eigenvalue weighted by atomic mass is 10.1. The zero-order chi connectivity index (χ0) is 13.5. The average Bonchev–Trinajstić information content (AvgIpc) is 2.50. The molecule has 0 fully saturated rings. The number of hydrogen-bond donors (Lipinski definition) is 0. The monoisotopic (exact) mass is 277 g/mol. The Bertz CT molecular complexity index is 480. The van der Waals surface area contributed by atoms with Crippen LogP contribution in [0.25, 0.3) is 0 Å². The van der Waals surface area contributed by atoms with Crippen LogP contribution in [-0.4, -0.2) is 28.4 Å². The molecule has 96 valence electrons. The Balaban J connectivity index is 2.29. The Hall–Kier alpha value is -1.56. The SMILES string of the molecule is O=C1c2ccccc2C(=O)N1C(Cl)CC(F)(F)F. The zero-order valence-corrected chi connectivity index (χ0v) is 9.63. The Morgan fingerprint density at radius 3 is 1.94 bits per heavy atom. The largest absolute Gasteiger partial charge is 0.392 e. The molecule has 1 aliphatic heterocycles. The molecule has 0 aliphatic carbocycles. The van der Waals surface area contributed by atoms with Crippen LogP contribution in [0.4, 0.5) is 13.2 Å². The zero-order valence-electron chi connectivity index (χ0n) is 8.87. The lowest BCUT2D eigenvalue weighted by molar-refractivity contribution is -0.138. The predicted molar refractivity (Wildman–Crippen MR) is 57.3 cm³/mol. The smallest absolute Gasteiger partial charge is 0.269 e. The van der Waals surface area contributed by atoms with E-state index in [9.17, 15) is 22.8 Å². The Morgan fingerprint density at radius 1 is 1.11 bits per heavy atom. The van der Waals surface area contributed by atoms with Gasteiger partial charge >= 0.3 is 6.18 Å². The third-order valence-corrected chi connectivity index (χ3v) is 2.86. The molecule has 1 unspecified atom stereocenters. The fraction of sp³-hybridized carbons (Fsp3) is 0.273. The van der Waals surface area contributed by atoms with Gasteiger partial charge in [-0.3, -0.25) is 14.5 Å². The number of benzene rings is 1. The molecular weight excluding hydrogens is 271 g/mol. The number of carbonyl (C=O) groups excluding carboxylic acids is 2. The minimum absolute atomic E-state index is 0.0790. The average molecular weight is 278 g/mol. The van der Waals surface area contributed by atoms with Gasteiger partial charge in [-0.05, 0) is 12.1 Å². The molecule has 18 heavy (non-hydrogen) atoms. The summed E-state index contributed by atoms with van der Waals surface area (Å²) in [5.41, 5.74) is -1.57. The molecule has 1 atom stereocenters. The number of nitrogens with zero attached hydrogens (tertiary/aromatic N) is 1. The van der Waals surface area contributed by atoms with Crippen molar-refractivity contribution >= 4 is 23.4 Å². The van der Waals surface area contributed by atoms with Crippen LogP contribution in [0.15, 0.2) is 24.3 Å². The number of rotatable bonds is 2. The minimum Gasteiger partial charge on any atom is -0.269 e. The molecule has 0 radical (unpaired) electrons. The molecule has 3 nitrogen and oxygen atoms in total. The quantitative estimate of drug-likeness (QED) is 0.473. The molecule has 1 aromatic rings. The van der Waals surface area contributed by atoms with Crippen LogP contribution >= 0.6 is 11.6 Å². The van der Waals surface area contributed by atoms with E-state index in [1.807, 2.05) is 0 Å². The van der Waals surface area contributed by atoms with Crippen molar-refractivity contribution in [3.8, 4) is 0 Å². The Kier molecular flexibility index (Phi) is 3.06. The van der Waals surface area contributed by atoms with E-state index in [0.717, 1.165) is 0 Å². The summed E-state index contributed by atoms with van der Waals surface area (Å²) in [5.74, 6) is -1.58. The van der Waals surface area contributed by atoms with Crippen LogP contribution in [0.2, 0.25) is 0 Å². The van der Waals surface area contributed by atoms with Crippen molar-refractivity contribution in [1.29, 1.82) is 0 Å². The van der Waals surface area contributed by atoms with Crippen molar-refractivity contribution in [3.05, 3.63) is 35.4 Å². The summed E-state index contributed by atoms with van der Waals surface area (Å²) in [5, 5.41) is 0. The number of amides is 2. The predicted octanol–water partition coefficient (Wildman–Crippen LogP) is 2.80. The fourth-order valence-corrected chi connectivity index (χ4v) is 2.10. The van der Waals surface area contributed by atoms with Gasteiger partial charge in [-0.15, -0.1) is 0 Å². The maximum absolute atomic E-state index is 12.2. The Labute approximate surface area is 105 Å². The molecule has 2 amide bonds. The van der Waals surface area contributed by atoms with Gasteiger partial charge in [0, 0.05) is 0 Å². The third-order valence-electron chi connectivity index (χ3n) is 2.51. The standard InChI is InChI=1S/C11H7ClF3NO2/c12-8(5-11(13,14)15)16-9(17)6-3-1-2-4-7(6)10(16)18/h1-4,8H,5H2. The molecule has 0 N–H and O–H groups in total. The molecule has 0 aromatic heterocycles. The van der Waals surface area contributed by atoms with Crippen molar-refractivity contribution in [2.75, 3.05) is 0 Å². The number of fused-ring (bicyclic) bond motifs is 1. The van der Waals surface area contributed by atoms with E-state index < -0.39 is 29.9 Å². The van der Waals surface area contributed by atoms with E-state index in [0.29, 0.717) is 4.90 Å². The fourth-order valence-electron chi connectivity index (χ4n) is 1.74. The molecule has 1 heterocycles. The van der Waals surface area contributed by atoms with E-state index in [1.54, 1.807) is 0 Å². The molecule has 7 heteroatoms. The van der Waals surface area contributed by atoms with E-state index in [2.05, 4.69) is 0 Å². The summed E-state index contributed by atoms with van der Waals surface area (Å²) in [6.07, 6.45) is -5.97. The second-order valence-corrected chi connectivity index (χ2v) is 4.28. The van der Waals surface area contributed by atoms with E-state index in [4.69, 9.17) is 11.6 Å². The van der Waals surface area contributed by atoms with E-state index in [-0.39, 0.29) is 11.1 Å². The number of imide groups is 1. The summed E-state index contributed by atoms with van der Waals surface area (Å²) in [6.45, 7) is 0. The first-order valence-corrected chi connectivity index (χ1v) is 5.42. The van der Waals surface area contributed by atoms with Crippen molar-refractivity contribution in [3.63, 3.8) is 0 Å². The van der Waals surface area contributed by atoms with Crippen LogP contribution in [0.1, 0.15) is 27.1 Å². The van der Waals surface area contributed by atoms with Crippen LogP contribution in [0, 0.1) is 0 Å². The minimum atomic E-state index is -4.54. The lowest BCUT2D eigenvalue weighted by Gasteiger charge is -2.21. The number of hydrogen-bond acceptors (Lipinski definition) is 2. The molecule has 1 aliphatic rings. The van der Waals surface area contributed by atoms with Gasteiger partial charge in [0.1, 0.15) is 5.50 Å². The van der Waals surface area contributed by atoms with Gasteiger partial charge < -0.3 is 0 Å². The topological polar surface area (TPSA) is 37.4 Å². The van der Waals surface area contributed by atoms with Crippen LogP contribution in [-0.2, 0) is 0 Å². The number of carbonyl (C=O) groups is 2. The first-order valence-electron chi connectivity index (χ1n) is 4.99. The molecule has 0 saturated heterocycles. The van der Waals surface area contributed by atoms with Crippen molar-refractivity contribution in [1.82, 2.24) is 4.90 Å². The number of halogens is 4. The second-order valence-electron chi connectivity index (χ2n) is 3.78. The molecule has 1 aromatic carbocycles. The molecule has 0 spiro atoms. The summed E-state index contributed by atoms with van der Waals surface area (Å²) < 4.78 is 36.6. The van der Waals surface area contributed by atoms with E-state index >= 15 is 0 Å². The maximum atomic E-state index is 12.2. The van der Waals surface area contributed by atoms with Crippen LogP contribution in [0.3, 0.4) is 0 Å². The number of alkyl halides is 4.